The van der Waals surface area contributed by atoms with Gasteiger partial charge in [0, 0.05) is 28.6 Å². The SMILES string of the molecule is O=C(Cc1ccn(C2CCCCC2)n1)c1cncc(Br)c1. The molecule has 3 rings (SSSR count). The number of Topliss-reactive ketones (excluding diaryl/α,β-unsaturated/α-hetero) is 1. The van der Waals surface area contributed by atoms with Crippen LogP contribution in [0.25, 0.3) is 0 Å². The molecule has 5 heteroatoms. The molecule has 0 spiro atoms. The van der Waals surface area contributed by atoms with Gasteiger partial charge in [-0.05, 0) is 40.9 Å². The van der Waals surface area contributed by atoms with E-state index < -0.39 is 0 Å². The highest BCUT2D eigenvalue weighted by Gasteiger charge is 2.17. The fourth-order valence-electron chi connectivity index (χ4n) is 2.85. The molecule has 0 bridgehead atoms. The van der Waals surface area contributed by atoms with Crippen LogP contribution in [0.4, 0.5) is 0 Å². The zero-order chi connectivity index (χ0) is 14.7. The molecule has 0 amide bonds. The summed E-state index contributed by atoms with van der Waals surface area (Å²) < 4.78 is 2.86. The van der Waals surface area contributed by atoms with Crippen molar-refractivity contribution in [2.75, 3.05) is 0 Å². The molecule has 2 heterocycles. The van der Waals surface area contributed by atoms with Gasteiger partial charge in [0.1, 0.15) is 0 Å². The Morgan fingerprint density at radius 2 is 2.10 bits per heavy atom. The molecule has 0 atom stereocenters. The van der Waals surface area contributed by atoms with E-state index in [9.17, 15) is 4.79 Å². The van der Waals surface area contributed by atoms with Gasteiger partial charge in [-0.1, -0.05) is 19.3 Å². The van der Waals surface area contributed by atoms with E-state index in [1.807, 2.05) is 16.9 Å². The Morgan fingerprint density at radius 1 is 1.29 bits per heavy atom. The van der Waals surface area contributed by atoms with Crippen LogP contribution in [-0.4, -0.2) is 20.5 Å². The largest absolute Gasteiger partial charge is 0.294 e. The summed E-state index contributed by atoms with van der Waals surface area (Å²) >= 11 is 3.34. The van der Waals surface area contributed by atoms with Gasteiger partial charge in [-0.15, -0.1) is 0 Å². The number of halogens is 1. The summed E-state index contributed by atoms with van der Waals surface area (Å²) in [5, 5.41) is 4.59. The van der Waals surface area contributed by atoms with E-state index >= 15 is 0 Å². The highest BCUT2D eigenvalue weighted by Crippen LogP contribution is 2.27. The zero-order valence-corrected chi connectivity index (χ0v) is 13.4. The first-order valence-electron chi connectivity index (χ1n) is 7.40. The van der Waals surface area contributed by atoms with Crippen LogP contribution in [0.15, 0.2) is 35.2 Å². The van der Waals surface area contributed by atoms with Gasteiger partial charge in [-0.2, -0.15) is 5.10 Å². The summed E-state index contributed by atoms with van der Waals surface area (Å²) in [5.41, 5.74) is 1.46. The number of carbonyl (C=O) groups is 1. The van der Waals surface area contributed by atoms with E-state index in [4.69, 9.17) is 0 Å². The average Bonchev–Trinajstić information content (AvgIpc) is 2.97. The molecule has 1 aliphatic carbocycles. The lowest BCUT2D eigenvalue weighted by Crippen LogP contribution is -2.14. The van der Waals surface area contributed by atoms with Gasteiger partial charge in [-0.3, -0.25) is 14.5 Å². The van der Waals surface area contributed by atoms with E-state index in [1.165, 1.54) is 32.1 Å². The molecule has 21 heavy (non-hydrogen) atoms. The molecule has 4 nitrogen and oxygen atoms in total. The van der Waals surface area contributed by atoms with E-state index in [2.05, 4.69) is 26.0 Å². The minimum absolute atomic E-state index is 0.0534. The van der Waals surface area contributed by atoms with Gasteiger partial charge >= 0.3 is 0 Å². The number of aromatic nitrogens is 3. The Bertz CT molecular complexity index is 632. The van der Waals surface area contributed by atoms with Crippen molar-refractivity contribution in [3.8, 4) is 0 Å². The average molecular weight is 348 g/mol. The smallest absolute Gasteiger partial charge is 0.170 e. The van der Waals surface area contributed by atoms with Crippen LogP contribution in [0, 0.1) is 0 Å². The molecule has 0 aromatic carbocycles. The van der Waals surface area contributed by atoms with Crippen LogP contribution in [0.3, 0.4) is 0 Å². The van der Waals surface area contributed by atoms with Crippen molar-refractivity contribution in [1.29, 1.82) is 0 Å². The highest BCUT2D eigenvalue weighted by atomic mass is 79.9. The summed E-state index contributed by atoms with van der Waals surface area (Å²) in [7, 11) is 0. The molecular formula is C16H18BrN3O. The van der Waals surface area contributed by atoms with Crippen LogP contribution < -0.4 is 0 Å². The zero-order valence-electron chi connectivity index (χ0n) is 11.8. The van der Waals surface area contributed by atoms with Gasteiger partial charge in [0.15, 0.2) is 5.78 Å². The third-order valence-corrected chi connectivity index (χ3v) is 4.41. The van der Waals surface area contributed by atoms with E-state index in [-0.39, 0.29) is 5.78 Å². The van der Waals surface area contributed by atoms with Gasteiger partial charge in [0.2, 0.25) is 0 Å². The lowest BCUT2D eigenvalue weighted by atomic mass is 9.96. The molecule has 1 saturated carbocycles. The second-order valence-corrected chi connectivity index (χ2v) is 6.49. The molecule has 2 aromatic heterocycles. The molecule has 2 aromatic rings. The monoisotopic (exact) mass is 347 g/mol. The minimum atomic E-state index is 0.0534. The maximum absolute atomic E-state index is 12.2. The summed E-state index contributed by atoms with van der Waals surface area (Å²) in [6, 6.07) is 4.26. The molecule has 1 fully saturated rings. The topological polar surface area (TPSA) is 47.8 Å². The first kappa shape index (κ1) is 14.4. The van der Waals surface area contributed by atoms with E-state index in [0.717, 1.165) is 10.2 Å². The Morgan fingerprint density at radius 3 is 2.86 bits per heavy atom. The molecule has 0 N–H and O–H groups in total. The fourth-order valence-corrected chi connectivity index (χ4v) is 3.22. The predicted molar refractivity (Wildman–Crippen MR) is 84.3 cm³/mol. The van der Waals surface area contributed by atoms with Crippen LogP contribution >= 0.6 is 15.9 Å². The molecule has 110 valence electrons. The van der Waals surface area contributed by atoms with E-state index in [0.29, 0.717) is 18.0 Å². The fraction of sp³-hybridized carbons (Fsp3) is 0.438. The summed E-state index contributed by atoms with van der Waals surface area (Å²) in [6.45, 7) is 0. The summed E-state index contributed by atoms with van der Waals surface area (Å²) in [6.07, 6.45) is 11.9. The lowest BCUT2D eigenvalue weighted by Gasteiger charge is -2.21. The lowest BCUT2D eigenvalue weighted by molar-refractivity contribution is 0.0991. The van der Waals surface area contributed by atoms with Crippen LogP contribution in [0.1, 0.15) is 54.2 Å². The molecule has 0 radical (unpaired) electrons. The summed E-state index contributed by atoms with van der Waals surface area (Å²) in [4.78, 5) is 16.3. The van der Waals surface area contributed by atoms with Crippen molar-refractivity contribution in [2.45, 2.75) is 44.6 Å². The van der Waals surface area contributed by atoms with E-state index in [1.54, 1.807) is 18.5 Å². The number of ketones is 1. The van der Waals surface area contributed by atoms with Crippen LogP contribution in [0.2, 0.25) is 0 Å². The standard InChI is InChI=1S/C16H18BrN3O/c17-13-8-12(10-18-11-13)16(21)9-14-6-7-20(19-14)15-4-2-1-3-5-15/h6-8,10-11,15H,1-5,9H2. The number of rotatable bonds is 4. The normalized spacial score (nSPS) is 16.0. The first-order chi connectivity index (χ1) is 10.2. The van der Waals surface area contributed by atoms with Crippen molar-refractivity contribution >= 4 is 21.7 Å². The Hall–Kier alpha value is -1.49. The molecular weight excluding hydrogens is 330 g/mol. The molecule has 0 saturated heterocycles. The van der Waals surface area contributed by atoms with Gasteiger partial charge in [-0.25, -0.2) is 0 Å². The second-order valence-electron chi connectivity index (χ2n) is 5.57. The predicted octanol–water partition coefficient (Wildman–Crippen LogP) is 3.97. The van der Waals surface area contributed by atoms with Gasteiger partial charge in [0.05, 0.1) is 18.2 Å². The number of nitrogens with zero attached hydrogens (tertiary/aromatic N) is 3. The van der Waals surface area contributed by atoms with Crippen LogP contribution in [0.5, 0.6) is 0 Å². The number of pyridine rings is 1. The maximum Gasteiger partial charge on any atom is 0.170 e. The van der Waals surface area contributed by atoms with Crippen molar-refractivity contribution < 1.29 is 4.79 Å². The third kappa shape index (κ3) is 3.59. The van der Waals surface area contributed by atoms with Gasteiger partial charge in [0.25, 0.3) is 0 Å². The summed E-state index contributed by atoms with van der Waals surface area (Å²) in [5.74, 6) is 0.0534. The van der Waals surface area contributed by atoms with Crippen LogP contribution in [-0.2, 0) is 6.42 Å². The van der Waals surface area contributed by atoms with Gasteiger partial charge < -0.3 is 0 Å². The number of carbonyl (C=O) groups excluding carboxylic acids is 1. The van der Waals surface area contributed by atoms with Crippen molar-refractivity contribution in [2.24, 2.45) is 0 Å². The van der Waals surface area contributed by atoms with Crippen molar-refractivity contribution in [3.05, 3.63) is 46.5 Å². The second kappa shape index (κ2) is 6.52. The third-order valence-electron chi connectivity index (χ3n) is 3.98. The minimum Gasteiger partial charge on any atom is -0.294 e. The number of hydrogen-bond donors (Lipinski definition) is 0. The molecule has 1 aliphatic rings. The quantitative estimate of drug-likeness (QED) is 0.786. The first-order valence-corrected chi connectivity index (χ1v) is 8.19. The highest BCUT2D eigenvalue weighted by molar-refractivity contribution is 9.10. The Balaban J connectivity index is 1.68. The van der Waals surface area contributed by atoms with Crippen molar-refractivity contribution in [1.82, 2.24) is 14.8 Å². The Kier molecular flexibility index (Phi) is 4.48. The maximum atomic E-state index is 12.2. The molecule has 0 aliphatic heterocycles. The molecule has 0 unspecified atom stereocenters. The Labute approximate surface area is 132 Å². The number of hydrogen-bond acceptors (Lipinski definition) is 3. The van der Waals surface area contributed by atoms with Crippen molar-refractivity contribution in [3.63, 3.8) is 0 Å².